The van der Waals surface area contributed by atoms with Crippen LogP contribution in [0.25, 0.3) is 0 Å². The summed E-state index contributed by atoms with van der Waals surface area (Å²) in [6, 6.07) is 4.30. The highest BCUT2D eigenvalue weighted by atomic mass is 16.5. The number of aliphatic imine (C=N–C) groups is 1. The molecule has 3 aliphatic heterocycles. The Morgan fingerprint density at radius 3 is 2.72 bits per heavy atom. The Bertz CT molecular complexity index is 719. The minimum atomic E-state index is -1.82. The van der Waals surface area contributed by atoms with Crippen molar-refractivity contribution in [1.29, 1.82) is 0 Å². The van der Waals surface area contributed by atoms with Gasteiger partial charge in [0, 0.05) is 13.1 Å². The highest BCUT2D eigenvalue weighted by molar-refractivity contribution is 6.27. The van der Waals surface area contributed by atoms with Crippen LogP contribution in [-0.4, -0.2) is 60.3 Å². The van der Waals surface area contributed by atoms with E-state index >= 15 is 0 Å². The van der Waals surface area contributed by atoms with E-state index < -0.39 is 11.9 Å². The normalized spacial score (nSPS) is 20.3. The van der Waals surface area contributed by atoms with Gasteiger partial charge in [-0.2, -0.15) is 0 Å². The number of nitrogens with one attached hydrogen (secondary N) is 1. The summed E-state index contributed by atoms with van der Waals surface area (Å²) in [4.78, 5) is 25.2. The van der Waals surface area contributed by atoms with Gasteiger partial charge in [-0.1, -0.05) is 6.07 Å². The molecule has 3 N–H and O–H groups in total. The molecule has 3 heterocycles. The minimum Gasteiger partial charge on any atom is -0.478 e. The van der Waals surface area contributed by atoms with Crippen LogP contribution in [-0.2, 0) is 16.0 Å². The van der Waals surface area contributed by atoms with E-state index in [0.717, 1.165) is 37.8 Å². The number of hydrogen-bond acceptors (Lipinski definition) is 6. The molecule has 1 unspecified atom stereocenters. The van der Waals surface area contributed by atoms with Crippen molar-refractivity contribution in [2.24, 2.45) is 4.99 Å². The molecule has 1 atom stereocenters. The summed E-state index contributed by atoms with van der Waals surface area (Å²) < 4.78 is 6.18. The summed E-state index contributed by atoms with van der Waals surface area (Å²) >= 11 is 0. The molecule has 0 amide bonds. The maximum Gasteiger partial charge on any atom is 0.414 e. The van der Waals surface area contributed by atoms with Crippen molar-refractivity contribution in [1.82, 2.24) is 5.32 Å². The van der Waals surface area contributed by atoms with Gasteiger partial charge in [-0.25, -0.2) is 9.59 Å². The second-order valence-electron chi connectivity index (χ2n) is 6.17. The fraction of sp³-hybridized carbons (Fsp3) is 0.471. The van der Waals surface area contributed by atoms with Crippen LogP contribution in [0.3, 0.4) is 0 Å². The van der Waals surface area contributed by atoms with E-state index in [-0.39, 0.29) is 6.10 Å². The molecule has 8 nitrogen and oxygen atoms in total. The van der Waals surface area contributed by atoms with Gasteiger partial charge in [-0.3, -0.25) is 4.99 Å². The number of amidine groups is 1. The van der Waals surface area contributed by atoms with Crippen LogP contribution in [0.1, 0.15) is 17.5 Å². The van der Waals surface area contributed by atoms with Gasteiger partial charge in [-0.05, 0) is 37.0 Å². The highest BCUT2D eigenvalue weighted by Gasteiger charge is 2.33. The van der Waals surface area contributed by atoms with Crippen molar-refractivity contribution in [3.05, 3.63) is 23.3 Å². The van der Waals surface area contributed by atoms with Crippen molar-refractivity contribution in [2.75, 3.05) is 31.1 Å². The number of carboxylic acid groups (broad SMARTS) is 2. The summed E-state index contributed by atoms with van der Waals surface area (Å²) in [6.07, 6.45) is 2.49. The van der Waals surface area contributed by atoms with Gasteiger partial charge in [0.15, 0.2) is 6.10 Å². The summed E-state index contributed by atoms with van der Waals surface area (Å²) in [5, 5.41) is 18.1. The zero-order chi connectivity index (χ0) is 18.0. The fourth-order valence-corrected chi connectivity index (χ4v) is 3.38. The number of carbonyl (C=O) groups is 2. The van der Waals surface area contributed by atoms with Gasteiger partial charge in [0.25, 0.3) is 0 Å². The Hall–Kier alpha value is -2.77. The third-order valence-corrected chi connectivity index (χ3v) is 4.49. The van der Waals surface area contributed by atoms with Crippen LogP contribution in [0.5, 0.6) is 5.75 Å². The third kappa shape index (κ3) is 3.52. The van der Waals surface area contributed by atoms with E-state index in [1.54, 1.807) is 0 Å². The lowest BCUT2D eigenvalue weighted by Gasteiger charge is -2.40. The average Bonchev–Trinajstić information content (AvgIpc) is 3.13. The average molecular weight is 347 g/mol. The van der Waals surface area contributed by atoms with Gasteiger partial charge < -0.3 is 25.2 Å². The molecule has 1 aromatic carbocycles. The second-order valence-corrected chi connectivity index (χ2v) is 6.17. The summed E-state index contributed by atoms with van der Waals surface area (Å²) in [5.74, 6) is -1.59. The third-order valence-electron chi connectivity index (χ3n) is 4.49. The van der Waals surface area contributed by atoms with Gasteiger partial charge >= 0.3 is 11.9 Å². The van der Waals surface area contributed by atoms with Crippen LogP contribution in [0.4, 0.5) is 5.69 Å². The van der Waals surface area contributed by atoms with E-state index in [0.29, 0.717) is 0 Å². The number of rotatable bonds is 1. The van der Waals surface area contributed by atoms with E-state index in [9.17, 15) is 0 Å². The number of anilines is 1. The zero-order valence-corrected chi connectivity index (χ0v) is 14.0. The molecule has 25 heavy (non-hydrogen) atoms. The molecular weight excluding hydrogens is 326 g/mol. The van der Waals surface area contributed by atoms with Crippen LogP contribution in [0, 0.1) is 6.92 Å². The summed E-state index contributed by atoms with van der Waals surface area (Å²) in [5.41, 5.74) is 4.20. The van der Waals surface area contributed by atoms with Gasteiger partial charge in [0.2, 0.25) is 0 Å². The molecule has 0 radical (unpaired) electrons. The minimum absolute atomic E-state index is 0.0728. The van der Waals surface area contributed by atoms with Gasteiger partial charge in [0.05, 0.1) is 18.8 Å². The SMILES string of the molecule is Cc1ccc2c3c1CCCN3CC(C1=NCCN1)O2.O=C(O)C(=O)O. The summed E-state index contributed by atoms with van der Waals surface area (Å²) in [6.45, 7) is 6.09. The van der Waals surface area contributed by atoms with Crippen molar-refractivity contribution < 1.29 is 24.5 Å². The Morgan fingerprint density at radius 2 is 2.08 bits per heavy atom. The molecule has 0 spiro atoms. The number of aliphatic carboxylic acids is 2. The smallest absolute Gasteiger partial charge is 0.414 e. The molecule has 4 rings (SSSR count). The van der Waals surface area contributed by atoms with Crippen LogP contribution in [0.2, 0.25) is 0 Å². The lowest BCUT2D eigenvalue weighted by atomic mass is 9.95. The molecule has 0 saturated heterocycles. The first-order chi connectivity index (χ1) is 12.0. The van der Waals surface area contributed by atoms with Crippen molar-refractivity contribution >= 4 is 23.5 Å². The Balaban J connectivity index is 0.000000265. The van der Waals surface area contributed by atoms with Crippen molar-refractivity contribution in [3.63, 3.8) is 0 Å². The molecule has 0 aromatic heterocycles. The van der Waals surface area contributed by atoms with Gasteiger partial charge in [0.1, 0.15) is 11.6 Å². The number of aryl methyl sites for hydroxylation is 1. The van der Waals surface area contributed by atoms with E-state index in [1.807, 2.05) is 0 Å². The Labute approximate surface area is 145 Å². The molecular formula is C17H21N3O5. The first kappa shape index (κ1) is 17.1. The summed E-state index contributed by atoms with van der Waals surface area (Å²) in [7, 11) is 0. The topological polar surface area (TPSA) is 111 Å². The first-order valence-electron chi connectivity index (χ1n) is 8.26. The number of benzene rings is 1. The lowest BCUT2D eigenvalue weighted by Crippen LogP contribution is -2.49. The van der Waals surface area contributed by atoms with E-state index in [1.165, 1.54) is 29.7 Å². The standard InChI is InChI=1S/C15H19N3O.C2H2O4/c1-10-4-5-12-14-11(10)3-2-8-18(14)9-13(19-12)15-16-6-7-17-15;3-1(4)2(5)6/h4-5,13H,2-3,6-9H2,1H3,(H,16,17);(H,3,4)(H,5,6). The van der Waals surface area contributed by atoms with Crippen LogP contribution >= 0.6 is 0 Å². The molecule has 0 saturated carbocycles. The highest BCUT2D eigenvalue weighted by Crippen LogP contribution is 2.41. The lowest BCUT2D eigenvalue weighted by molar-refractivity contribution is -0.159. The Kier molecular flexibility index (Phi) is 4.78. The zero-order valence-electron chi connectivity index (χ0n) is 14.0. The molecule has 1 aromatic rings. The van der Waals surface area contributed by atoms with Crippen LogP contribution in [0.15, 0.2) is 17.1 Å². The van der Waals surface area contributed by atoms with E-state index in [2.05, 4.69) is 34.3 Å². The monoisotopic (exact) mass is 347 g/mol. The number of nitrogens with zero attached hydrogens (tertiary/aromatic N) is 2. The largest absolute Gasteiger partial charge is 0.478 e. The molecule has 0 aliphatic carbocycles. The predicted octanol–water partition coefficient (Wildman–Crippen LogP) is 0.666. The fourth-order valence-electron chi connectivity index (χ4n) is 3.38. The molecule has 0 fully saturated rings. The molecule has 8 heteroatoms. The maximum atomic E-state index is 9.10. The molecule has 0 bridgehead atoms. The second kappa shape index (κ2) is 7.00. The Morgan fingerprint density at radius 1 is 1.32 bits per heavy atom. The molecule has 134 valence electrons. The predicted molar refractivity (Wildman–Crippen MR) is 91.7 cm³/mol. The van der Waals surface area contributed by atoms with Crippen LogP contribution < -0.4 is 15.0 Å². The number of ether oxygens (including phenoxy) is 1. The quantitative estimate of drug-likeness (QED) is 0.640. The number of carboxylic acids is 2. The maximum absolute atomic E-state index is 9.10. The number of hydrogen-bond donors (Lipinski definition) is 3. The van der Waals surface area contributed by atoms with Crippen molar-refractivity contribution in [3.8, 4) is 5.75 Å². The van der Waals surface area contributed by atoms with E-state index in [4.69, 9.17) is 24.5 Å². The molecule has 3 aliphatic rings. The van der Waals surface area contributed by atoms with Gasteiger partial charge in [-0.15, -0.1) is 0 Å². The van der Waals surface area contributed by atoms with Crippen molar-refractivity contribution in [2.45, 2.75) is 25.9 Å². The first-order valence-corrected chi connectivity index (χ1v) is 8.26.